The van der Waals surface area contributed by atoms with Gasteiger partial charge in [-0.1, -0.05) is 146 Å². The Bertz CT molecular complexity index is 2540. The normalized spacial score (nSPS) is 11.3. The van der Waals surface area contributed by atoms with Crippen LogP contribution in [0.1, 0.15) is 0 Å². The van der Waals surface area contributed by atoms with Gasteiger partial charge in [0.2, 0.25) is 0 Å². The van der Waals surface area contributed by atoms with Crippen molar-refractivity contribution >= 4 is 59.5 Å². The number of fused-ring (bicyclic) bond motifs is 5. The van der Waals surface area contributed by atoms with Gasteiger partial charge in [0.25, 0.3) is 0 Å². The molecule has 0 N–H and O–H groups in total. The average molecular weight is 631 g/mol. The largest absolute Gasteiger partial charge is 0.308 e. The third-order valence-electron chi connectivity index (χ3n) is 9.14. The molecule has 2 heterocycles. The van der Waals surface area contributed by atoms with Crippen LogP contribution in [-0.4, -0.2) is 4.98 Å². The molecular formula is C45H30N2S. The average Bonchev–Trinajstić information content (AvgIpc) is 3.56. The maximum absolute atomic E-state index is 4.81. The van der Waals surface area contributed by atoms with E-state index in [2.05, 4.69) is 175 Å². The van der Waals surface area contributed by atoms with Crippen LogP contribution in [0.4, 0.5) is 17.1 Å². The molecule has 0 atom stereocenters. The fourth-order valence-corrected chi connectivity index (χ4v) is 8.09. The van der Waals surface area contributed by atoms with E-state index in [1.54, 1.807) is 0 Å². The third-order valence-corrected chi connectivity index (χ3v) is 10.4. The Morgan fingerprint density at radius 3 is 1.71 bits per heavy atom. The first-order chi connectivity index (χ1) is 23.8. The van der Waals surface area contributed by atoms with Crippen molar-refractivity contribution in [2.75, 3.05) is 4.90 Å². The summed E-state index contributed by atoms with van der Waals surface area (Å²) >= 11 is 1.83. The minimum atomic E-state index is 1.06. The number of anilines is 3. The summed E-state index contributed by atoms with van der Waals surface area (Å²) in [5.74, 6) is 0. The highest BCUT2D eigenvalue weighted by Gasteiger charge is 2.21. The molecule has 0 fully saturated rings. The van der Waals surface area contributed by atoms with Gasteiger partial charge in [0.15, 0.2) is 0 Å². The minimum Gasteiger partial charge on any atom is -0.308 e. The summed E-state index contributed by atoms with van der Waals surface area (Å²) in [5.41, 5.74) is 11.7. The smallest absolute Gasteiger partial charge is 0.0880 e. The Hall–Kier alpha value is -6.03. The van der Waals surface area contributed by atoms with E-state index >= 15 is 0 Å². The SMILES string of the molecule is c1ccc(-c2ccc(-c3ccc(N(c4ccccc4-c4ccccc4)c4cccc5c4sc4c5ccc5cccnc54)cc3)cc2)cc1. The fraction of sp³-hybridized carbons (Fsp3) is 0. The molecule has 0 saturated heterocycles. The van der Waals surface area contributed by atoms with Gasteiger partial charge in [0, 0.05) is 33.6 Å². The Kier molecular flexibility index (Phi) is 7.03. The molecule has 2 nitrogen and oxygen atoms in total. The second-order valence-electron chi connectivity index (χ2n) is 12.0. The van der Waals surface area contributed by atoms with Crippen molar-refractivity contribution in [3.05, 3.63) is 182 Å². The van der Waals surface area contributed by atoms with Crippen LogP contribution in [0.2, 0.25) is 0 Å². The predicted molar refractivity (Wildman–Crippen MR) is 206 cm³/mol. The Morgan fingerprint density at radius 1 is 0.396 bits per heavy atom. The van der Waals surface area contributed by atoms with Crippen molar-refractivity contribution in [3.8, 4) is 33.4 Å². The van der Waals surface area contributed by atoms with E-state index in [1.807, 2.05) is 23.6 Å². The lowest BCUT2D eigenvalue weighted by molar-refractivity contribution is 1.30. The van der Waals surface area contributed by atoms with Crippen LogP contribution in [0, 0.1) is 0 Å². The molecule has 9 aromatic rings. The van der Waals surface area contributed by atoms with Gasteiger partial charge in [-0.05, 0) is 58.1 Å². The molecular weight excluding hydrogens is 601 g/mol. The summed E-state index contributed by atoms with van der Waals surface area (Å²) < 4.78 is 2.47. The molecule has 7 aromatic carbocycles. The molecule has 0 spiro atoms. The molecule has 0 aliphatic heterocycles. The van der Waals surface area contributed by atoms with Gasteiger partial charge in [0.1, 0.15) is 0 Å². The standard InChI is InChI=1S/C45H30N2S/c1-3-11-31(12-4-1)32-20-22-33(23-21-32)34-24-27-37(28-25-34)47(41-18-8-7-16-38(41)35-13-5-2-6-14-35)42-19-9-17-39-40-29-26-36-15-10-30-46-43(36)45(40)48-44(39)42/h1-30H. The topological polar surface area (TPSA) is 16.1 Å². The van der Waals surface area contributed by atoms with E-state index in [4.69, 9.17) is 4.98 Å². The van der Waals surface area contributed by atoms with Crippen LogP contribution < -0.4 is 4.90 Å². The highest BCUT2D eigenvalue weighted by molar-refractivity contribution is 7.27. The molecule has 2 aromatic heterocycles. The first kappa shape index (κ1) is 28.2. The van der Waals surface area contributed by atoms with E-state index in [1.165, 1.54) is 53.6 Å². The maximum Gasteiger partial charge on any atom is 0.0880 e. The number of benzene rings is 7. The van der Waals surface area contributed by atoms with Gasteiger partial charge in [-0.2, -0.15) is 0 Å². The van der Waals surface area contributed by atoms with Crippen LogP contribution >= 0.6 is 11.3 Å². The van der Waals surface area contributed by atoms with Crippen LogP contribution in [0.3, 0.4) is 0 Å². The van der Waals surface area contributed by atoms with E-state index in [-0.39, 0.29) is 0 Å². The summed E-state index contributed by atoms with van der Waals surface area (Å²) in [6.45, 7) is 0. The highest BCUT2D eigenvalue weighted by atomic mass is 32.1. The van der Waals surface area contributed by atoms with E-state index in [0.717, 1.165) is 28.0 Å². The summed E-state index contributed by atoms with van der Waals surface area (Å²) in [5, 5.41) is 3.66. The monoisotopic (exact) mass is 630 g/mol. The Morgan fingerprint density at radius 2 is 0.979 bits per heavy atom. The second kappa shape index (κ2) is 12.0. The van der Waals surface area contributed by atoms with Crippen LogP contribution in [0.15, 0.2) is 182 Å². The quantitative estimate of drug-likeness (QED) is 0.182. The molecule has 0 aliphatic carbocycles. The molecule has 0 unspecified atom stereocenters. The molecule has 0 aliphatic rings. The van der Waals surface area contributed by atoms with Crippen molar-refractivity contribution in [2.24, 2.45) is 0 Å². The summed E-state index contributed by atoms with van der Waals surface area (Å²) in [6.07, 6.45) is 1.90. The van der Waals surface area contributed by atoms with Crippen molar-refractivity contribution in [1.29, 1.82) is 0 Å². The second-order valence-corrected chi connectivity index (χ2v) is 13.0. The zero-order chi connectivity index (χ0) is 31.9. The molecule has 0 saturated carbocycles. The molecule has 0 bridgehead atoms. The summed E-state index contributed by atoms with van der Waals surface area (Å²) in [4.78, 5) is 7.24. The molecule has 9 rings (SSSR count). The number of pyridine rings is 1. The molecule has 3 heteroatoms. The Balaban J connectivity index is 1.21. The maximum atomic E-state index is 4.81. The van der Waals surface area contributed by atoms with Gasteiger partial charge in [0.05, 0.1) is 26.3 Å². The van der Waals surface area contributed by atoms with Gasteiger partial charge < -0.3 is 4.90 Å². The van der Waals surface area contributed by atoms with Gasteiger partial charge >= 0.3 is 0 Å². The zero-order valence-corrected chi connectivity index (χ0v) is 26.9. The van der Waals surface area contributed by atoms with Crippen LogP contribution in [-0.2, 0) is 0 Å². The number of hydrogen-bond donors (Lipinski definition) is 0. The number of para-hydroxylation sites is 1. The van der Waals surface area contributed by atoms with E-state index in [9.17, 15) is 0 Å². The molecule has 226 valence electrons. The first-order valence-corrected chi connectivity index (χ1v) is 17.0. The Labute approximate surface area is 283 Å². The summed E-state index contributed by atoms with van der Waals surface area (Å²) in [6, 6.07) is 63.1. The number of thiophene rings is 1. The van der Waals surface area contributed by atoms with Crippen LogP contribution in [0.5, 0.6) is 0 Å². The fourth-order valence-electron chi connectivity index (χ4n) is 6.78. The highest BCUT2D eigenvalue weighted by Crippen LogP contribution is 2.48. The number of nitrogens with zero attached hydrogens (tertiary/aromatic N) is 2. The molecule has 48 heavy (non-hydrogen) atoms. The third kappa shape index (κ3) is 4.93. The number of hydrogen-bond acceptors (Lipinski definition) is 3. The van der Waals surface area contributed by atoms with Gasteiger partial charge in [-0.3, -0.25) is 4.98 Å². The molecule has 0 amide bonds. The van der Waals surface area contributed by atoms with Gasteiger partial charge in [-0.15, -0.1) is 11.3 Å². The predicted octanol–water partition coefficient (Wildman–Crippen LogP) is 13.1. The van der Waals surface area contributed by atoms with Crippen molar-refractivity contribution in [3.63, 3.8) is 0 Å². The lowest BCUT2D eigenvalue weighted by atomic mass is 9.99. The lowest BCUT2D eigenvalue weighted by Crippen LogP contribution is -2.11. The van der Waals surface area contributed by atoms with Crippen molar-refractivity contribution in [2.45, 2.75) is 0 Å². The van der Waals surface area contributed by atoms with Crippen LogP contribution in [0.25, 0.3) is 64.5 Å². The minimum absolute atomic E-state index is 1.06. The molecule has 0 radical (unpaired) electrons. The van der Waals surface area contributed by atoms with E-state index < -0.39 is 0 Å². The number of rotatable bonds is 6. The lowest BCUT2D eigenvalue weighted by Gasteiger charge is -2.28. The van der Waals surface area contributed by atoms with E-state index in [0.29, 0.717) is 0 Å². The van der Waals surface area contributed by atoms with Gasteiger partial charge in [-0.25, -0.2) is 0 Å². The van der Waals surface area contributed by atoms with Crippen molar-refractivity contribution < 1.29 is 0 Å². The zero-order valence-electron chi connectivity index (χ0n) is 26.1. The summed E-state index contributed by atoms with van der Waals surface area (Å²) in [7, 11) is 0. The first-order valence-electron chi connectivity index (χ1n) is 16.2. The van der Waals surface area contributed by atoms with Crippen molar-refractivity contribution in [1.82, 2.24) is 4.98 Å². The number of aromatic nitrogens is 1.